The van der Waals surface area contributed by atoms with Gasteiger partial charge in [-0.15, -0.1) is 0 Å². The number of aryl methyl sites for hydroxylation is 2. The first kappa shape index (κ1) is 20.1. The number of aromatic nitrogens is 4. The van der Waals surface area contributed by atoms with Crippen LogP contribution in [0.1, 0.15) is 45.3 Å². The van der Waals surface area contributed by atoms with E-state index in [4.69, 9.17) is 9.72 Å². The smallest absolute Gasteiger partial charge is 0.230 e. The number of methoxy groups -OCH3 is 1. The van der Waals surface area contributed by atoms with E-state index in [0.29, 0.717) is 36.0 Å². The standard InChI is InChI=1S/C25H23N5O2/c1-14-19-6-4-5-7-20(19)28-24(26-14)30-25-27-15(2)23-21(29-25)12-17(13-22(23)31)16-8-10-18(32-3)11-9-16/h4-11,17H,12-13H2,1-3H3,(H,26,27,28,29,30)/t17-/m0/s1. The number of carbonyl (C=O) groups excluding carboxylic acids is 1. The number of rotatable bonds is 4. The number of para-hydroxylation sites is 1. The van der Waals surface area contributed by atoms with Crippen molar-refractivity contribution in [3.05, 3.63) is 76.7 Å². The van der Waals surface area contributed by atoms with Crippen molar-refractivity contribution in [1.82, 2.24) is 19.9 Å². The minimum absolute atomic E-state index is 0.0715. The molecule has 1 aliphatic carbocycles. The Morgan fingerprint density at radius 1 is 0.875 bits per heavy atom. The van der Waals surface area contributed by atoms with Crippen LogP contribution in [0.25, 0.3) is 10.9 Å². The number of fused-ring (bicyclic) bond motifs is 2. The second-order valence-electron chi connectivity index (χ2n) is 8.03. The van der Waals surface area contributed by atoms with E-state index in [1.165, 1.54) is 0 Å². The topological polar surface area (TPSA) is 89.9 Å². The maximum atomic E-state index is 12.9. The van der Waals surface area contributed by atoms with Crippen molar-refractivity contribution >= 4 is 28.6 Å². The van der Waals surface area contributed by atoms with Crippen LogP contribution in [0.2, 0.25) is 0 Å². The minimum atomic E-state index is 0.0715. The molecule has 0 fully saturated rings. The van der Waals surface area contributed by atoms with Crippen molar-refractivity contribution in [3.63, 3.8) is 0 Å². The van der Waals surface area contributed by atoms with Crippen LogP contribution < -0.4 is 10.1 Å². The fraction of sp³-hybridized carbons (Fsp3) is 0.240. The number of nitrogens with zero attached hydrogens (tertiary/aromatic N) is 4. The van der Waals surface area contributed by atoms with Gasteiger partial charge in [0.05, 0.1) is 35.3 Å². The SMILES string of the molecule is COc1ccc([C@@H]2CC(=O)c3c(C)nc(Nc4nc(C)c5ccccc5n4)nc3C2)cc1. The lowest BCUT2D eigenvalue weighted by Crippen LogP contribution is -2.23. The predicted molar refractivity (Wildman–Crippen MR) is 123 cm³/mol. The molecule has 0 aliphatic heterocycles. The maximum Gasteiger partial charge on any atom is 0.230 e. The van der Waals surface area contributed by atoms with Gasteiger partial charge in [-0.2, -0.15) is 0 Å². The Labute approximate surface area is 185 Å². The quantitative estimate of drug-likeness (QED) is 0.507. The summed E-state index contributed by atoms with van der Waals surface area (Å²) in [4.78, 5) is 31.3. The molecule has 0 amide bonds. The number of ether oxygens (including phenoxy) is 1. The molecule has 2 aromatic heterocycles. The lowest BCUT2D eigenvalue weighted by atomic mass is 9.81. The van der Waals surface area contributed by atoms with Gasteiger partial charge in [0.2, 0.25) is 11.9 Å². The highest BCUT2D eigenvalue weighted by Gasteiger charge is 2.30. The molecular weight excluding hydrogens is 402 g/mol. The molecule has 0 spiro atoms. The van der Waals surface area contributed by atoms with Crippen molar-refractivity contribution in [2.24, 2.45) is 0 Å². The van der Waals surface area contributed by atoms with E-state index < -0.39 is 0 Å². The third-order valence-corrected chi connectivity index (χ3v) is 5.92. The van der Waals surface area contributed by atoms with Crippen molar-refractivity contribution in [3.8, 4) is 5.75 Å². The van der Waals surface area contributed by atoms with Crippen molar-refractivity contribution < 1.29 is 9.53 Å². The van der Waals surface area contributed by atoms with Crippen LogP contribution in [-0.2, 0) is 6.42 Å². The highest BCUT2D eigenvalue weighted by molar-refractivity contribution is 5.99. The molecule has 1 N–H and O–H groups in total. The number of anilines is 2. The van der Waals surface area contributed by atoms with Crippen LogP contribution in [0.5, 0.6) is 5.75 Å². The van der Waals surface area contributed by atoms with Crippen molar-refractivity contribution in [1.29, 1.82) is 0 Å². The number of benzene rings is 2. The van der Waals surface area contributed by atoms with Gasteiger partial charge in [-0.05, 0) is 49.9 Å². The summed E-state index contributed by atoms with van der Waals surface area (Å²) in [6.07, 6.45) is 1.12. The van der Waals surface area contributed by atoms with E-state index >= 15 is 0 Å². The first-order chi connectivity index (χ1) is 15.5. The van der Waals surface area contributed by atoms with Crippen molar-refractivity contribution in [2.45, 2.75) is 32.6 Å². The number of carbonyl (C=O) groups is 1. The Morgan fingerprint density at radius 2 is 1.59 bits per heavy atom. The molecule has 0 unspecified atom stereocenters. The lowest BCUT2D eigenvalue weighted by Gasteiger charge is -2.24. The Balaban J connectivity index is 1.47. The Hall–Kier alpha value is -3.87. The molecule has 2 heterocycles. The minimum Gasteiger partial charge on any atom is -0.497 e. The van der Waals surface area contributed by atoms with Gasteiger partial charge in [-0.1, -0.05) is 30.3 Å². The van der Waals surface area contributed by atoms with E-state index in [1.807, 2.05) is 62.4 Å². The van der Waals surface area contributed by atoms with Gasteiger partial charge in [0.25, 0.3) is 0 Å². The Bertz CT molecular complexity index is 1330. The molecule has 0 bridgehead atoms. The molecule has 0 saturated carbocycles. The summed E-state index contributed by atoms with van der Waals surface area (Å²) < 4.78 is 5.25. The number of nitrogens with one attached hydrogen (secondary N) is 1. The predicted octanol–water partition coefficient (Wildman–Crippen LogP) is 4.70. The van der Waals surface area contributed by atoms with Gasteiger partial charge in [0.1, 0.15) is 5.75 Å². The van der Waals surface area contributed by atoms with Gasteiger partial charge in [0, 0.05) is 11.8 Å². The average molecular weight is 425 g/mol. The molecule has 32 heavy (non-hydrogen) atoms. The van der Waals surface area contributed by atoms with Crippen LogP contribution in [0.15, 0.2) is 48.5 Å². The summed E-state index contributed by atoms with van der Waals surface area (Å²) in [5.74, 6) is 1.79. The van der Waals surface area contributed by atoms with Crippen LogP contribution >= 0.6 is 0 Å². The van der Waals surface area contributed by atoms with Gasteiger partial charge in [-0.3, -0.25) is 10.1 Å². The highest BCUT2D eigenvalue weighted by Crippen LogP contribution is 2.34. The molecule has 4 aromatic rings. The van der Waals surface area contributed by atoms with Crippen LogP contribution in [0, 0.1) is 13.8 Å². The van der Waals surface area contributed by atoms with Gasteiger partial charge < -0.3 is 4.74 Å². The fourth-order valence-corrected chi connectivity index (χ4v) is 4.33. The van der Waals surface area contributed by atoms with E-state index in [-0.39, 0.29) is 11.7 Å². The molecule has 0 saturated heterocycles. The summed E-state index contributed by atoms with van der Waals surface area (Å²) in [7, 11) is 1.64. The third kappa shape index (κ3) is 3.66. The average Bonchev–Trinajstić information content (AvgIpc) is 2.78. The summed E-state index contributed by atoms with van der Waals surface area (Å²) in [5, 5.41) is 4.15. The van der Waals surface area contributed by atoms with E-state index in [0.717, 1.165) is 33.6 Å². The van der Waals surface area contributed by atoms with Crippen molar-refractivity contribution in [2.75, 3.05) is 12.4 Å². The third-order valence-electron chi connectivity index (χ3n) is 5.92. The molecule has 1 aliphatic rings. The van der Waals surface area contributed by atoms with Crippen LogP contribution in [0.4, 0.5) is 11.9 Å². The molecular formula is C25H23N5O2. The summed E-state index contributed by atoms with van der Waals surface area (Å²) in [6.45, 7) is 3.80. The molecule has 7 nitrogen and oxygen atoms in total. The summed E-state index contributed by atoms with van der Waals surface area (Å²) in [6, 6.07) is 15.7. The van der Waals surface area contributed by atoms with E-state index in [2.05, 4.69) is 20.3 Å². The number of hydrogen-bond donors (Lipinski definition) is 1. The van der Waals surface area contributed by atoms with Gasteiger partial charge in [0.15, 0.2) is 5.78 Å². The lowest BCUT2D eigenvalue weighted by molar-refractivity contribution is 0.0962. The molecule has 1 atom stereocenters. The maximum absolute atomic E-state index is 12.9. The first-order valence-electron chi connectivity index (χ1n) is 10.6. The summed E-state index contributed by atoms with van der Waals surface area (Å²) >= 11 is 0. The number of hydrogen-bond acceptors (Lipinski definition) is 7. The first-order valence-corrected chi connectivity index (χ1v) is 10.6. The zero-order chi connectivity index (χ0) is 22.2. The fourth-order valence-electron chi connectivity index (χ4n) is 4.33. The normalized spacial score (nSPS) is 15.5. The second-order valence-corrected chi connectivity index (χ2v) is 8.03. The van der Waals surface area contributed by atoms with Crippen LogP contribution in [-0.4, -0.2) is 32.8 Å². The Kier molecular flexibility index (Phi) is 5.01. The monoisotopic (exact) mass is 425 g/mol. The van der Waals surface area contributed by atoms with E-state index in [9.17, 15) is 4.79 Å². The van der Waals surface area contributed by atoms with Gasteiger partial charge >= 0.3 is 0 Å². The largest absolute Gasteiger partial charge is 0.497 e. The molecule has 160 valence electrons. The Morgan fingerprint density at radius 3 is 2.38 bits per heavy atom. The highest BCUT2D eigenvalue weighted by atomic mass is 16.5. The number of Topliss-reactive ketones (excluding diaryl/α,β-unsaturated/α-hetero) is 1. The molecule has 2 aromatic carbocycles. The van der Waals surface area contributed by atoms with E-state index in [1.54, 1.807) is 7.11 Å². The number of ketones is 1. The van der Waals surface area contributed by atoms with Crippen LogP contribution in [0.3, 0.4) is 0 Å². The summed E-state index contributed by atoms with van der Waals surface area (Å²) in [5.41, 5.74) is 4.90. The molecule has 0 radical (unpaired) electrons. The molecule has 7 heteroatoms. The zero-order valence-corrected chi connectivity index (χ0v) is 18.2. The molecule has 5 rings (SSSR count). The zero-order valence-electron chi connectivity index (χ0n) is 18.2. The second kappa shape index (κ2) is 8.00. The van der Waals surface area contributed by atoms with Gasteiger partial charge in [-0.25, -0.2) is 19.9 Å².